The molecule has 1 aromatic heterocycles. The summed E-state index contributed by atoms with van der Waals surface area (Å²) in [4.78, 5) is 28.6. The number of hydrogen-bond donors (Lipinski definition) is 2. The average molecular weight is 271 g/mol. The van der Waals surface area contributed by atoms with Crippen molar-refractivity contribution < 1.29 is 9.59 Å². The fraction of sp³-hybridized carbons (Fsp3) is 0.364. The minimum Gasteiger partial charge on any atom is -0.347 e. The number of amides is 2. The Morgan fingerprint density at radius 3 is 2.72 bits per heavy atom. The second-order valence-corrected chi connectivity index (χ2v) is 4.27. The molecule has 0 radical (unpaired) electrons. The van der Waals surface area contributed by atoms with Gasteiger partial charge in [-0.05, 0) is 26.2 Å². The van der Waals surface area contributed by atoms with Gasteiger partial charge in [0, 0.05) is 25.0 Å². The first kappa shape index (κ1) is 14.4. The van der Waals surface area contributed by atoms with Gasteiger partial charge in [0.25, 0.3) is 0 Å². The van der Waals surface area contributed by atoms with E-state index in [4.69, 9.17) is 11.6 Å². The zero-order chi connectivity index (χ0) is 13.5. The number of halogens is 1. The lowest BCUT2D eigenvalue weighted by molar-refractivity contribution is -0.136. The van der Waals surface area contributed by atoms with E-state index in [2.05, 4.69) is 15.6 Å². The zero-order valence-electron chi connectivity index (χ0n) is 10.2. The average Bonchev–Trinajstić information content (AvgIpc) is 2.28. The van der Waals surface area contributed by atoms with Crippen LogP contribution in [0.1, 0.15) is 0 Å². The second kappa shape index (κ2) is 6.93. The molecule has 0 aliphatic heterocycles. The number of hydrogen-bond acceptors (Lipinski definition) is 4. The number of carbonyl (C=O) groups excluding carboxylic acids is 2. The number of carbonyl (C=O) groups is 2. The molecule has 2 N–H and O–H groups in total. The first-order chi connectivity index (χ1) is 8.49. The van der Waals surface area contributed by atoms with E-state index in [0.717, 1.165) is 0 Å². The summed E-state index contributed by atoms with van der Waals surface area (Å²) in [6.07, 6.45) is 1.45. The Balaban J connectivity index is 2.43. The summed E-state index contributed by atoms with van der Waals surface area (Å²) in [5.41, 5.74) is 0.433. The molecule has 0 bridgehead atoms. The summed E-state index contributed by atoms with van der Waals surface area (Å²) in [5.74, 6) is -1.40. The van der Waals surface area contributed by atoms with Gasteiger partial charge in [-0.15, -0.1) is 0 Å². The Morgan fingerprint density at radius 1 is 1.39 bits per heavy atom. The van der Waals surface area contributed by atoms with E-state index in [1.165, 1.54) is 12.3 Å². The van der Waals surface area contributed by atoms with Crippen molar-refractivity contribution in [1.82, 2.24) is 15.2 Å². The van der Waals surface area contributed by atoms with Crippen molar-refractivity contribution in [2.45, 2.75) is 0 Å². The SMILES string of the molecule is CN(C)CCNC(=O)C(=O)Nc1ccnc(Cl)c1. The Labute approximate surface area is 110 Å². The van der Waals surface area contributed by atoms with Crippen LogP contribution in [0.2, 0.25) is 5.15 Å². The summed E-state index contributed by atoms with van der Waals surface area (Å²) in [7, 11) is 3.76. The van der Waals surface area contributed by atoms with E-state index < -0.39 is 11.8 Å². The lowest BCUT2D eigenvalue weighted by Gasteiger charge is -2.10. The highest BCUT2D eigenvalue weighted by Crippen LogP contribution is 2.11. The maximum atomic E-state index is 11.5. The van der Waals surface area contributed by atoms with Gasteiger partial charge < -0.3 is 15.5 Å². The largest absolute Gasteiger partial charge is 0.347 e. The summed E-state index contributed by atoms with van der Waals surface area (Å²) < 4.78 is 0. The normalized spacial score (nSPS) is 10.2. The van der Waals surface area contributed by atoms with Gasteiger partial charge in [0.1, 0.15) is 5.15 Å². The van der Waals surface area contributed by atoms with Crippen LogP contribution < -0.4 is 10.6 Å². The van der Waals surface area contributed by atoms with Crippen LogP contribution in [0, 0.1) is 0 Å². The molecule has 0 unspecified atom stereocenters. The molecule has 0 aliphatic rings. The Kier molecular flexibility index (Phi) is 5.54. The fourth-order valence-corrected chi connectivity index (χ4v) is 1.32. The van der Waals surface area contributed by atoms with Crippen LogP contribution in [0.25, 0.3) is 0 Å². The van der Waals surface area contributed by atoms with Gasteiger partial charge in [0.15, 0.2) is 0 Å². The van der Waals surface area contributed by atoms with Crippen molar-refractivity contribution in [3.63, 3.8) is 0 Å². The molecule has 0 saturated carbocycles. The molecule has 6 nitrogen and oxygen atoms in total. The molecule has 1 heterocycles. The predicted octanol–water partition coefficient (Wildman–Crippen LogP) is 0.351. The number of pyridine rings is 1. The highest BCUT2D eigenvalue weighted by molar-refractivity contribution is 6.39. The van der Waals surface area contributed by atoms with Crippen molar-refractivity contribution >= 4 is 29.1 Å². The minimum atomic E-state index is -0.726. The van der Waals surface area contributed by atoms with Crippen molar-refractivity contribution in [2.75, 3.05) is 32.5 Å². The first-order valence-corrected chi connectivity index (χ1v) is 5.72. The fourth-order valence-electron chi connectivity index (χ4n) is 1.14. The van der Waals surface area contributed by atoms with Crippen LogP contribution in [0.15, 0.2) is 18.3 Å². The molecule has 98 valence electrons. The van der Waals surface area contributed by atoms with Crippen LogP contribution in [0.4, 0.5) is 5.69 Å². The number of likely N-dealkylation sites (N-methyl/N-ethyl adjacent to an activating group) is 1. The highest BCUT2D eigenvalue weighted by Gasteiger charge is 2.13. The third-order valence-corrected chi connectivity index (χ3v) is 2.24. The summed E-state index contributed by atoms with van der Waals surface area (Å²) in [6, 6.07) is 3.02. The van der Waals surface area contributed by atoms with Gasteiger partial charge in [0.05, 0.1) is 0 Å². The zero-order valence-corrected chi connectivity index (χ0v) is 11.0. The third-order valence-electron chi connectivity index (χ3n) is 2.04. The quantitative estimate of drug-likeness (QED) is 0.612. The monoisotopic (exact) mass is 270 g/mol. The van der Waals surface area contributed by atoms with Crippen LogP contribution in [0.3, 0.4) is 0 Å². The number of nitrogens with one attached hydrogen (secondary N) is 2. The van der Waals surface area contributed by atoms with E-state index in [1.807, 2.05) is 19.0 Å². The van der Waals surface area contributed by atoms with Crippen molar-refractivity contribution in [2.24, 2.45) is 0 Å². The number of nitrogens with zero attached hydrogens (tertiary/aromatic N) is 2. The number of anilines is 1. The van der Waals surface area contributed by atoms with Crippen molar-refractivity contribution in [3.05, 3.63) is 23.5 Å². The smallest absolute Gasteiger partial charge is 0.313 e. The molecule has 1 rings (SSSR count). The Hall–Kier alpha value is -1.66. The first-order valence-electron chi connectivity index (χ1n) is 5.34. The van der Waals surface area contributed by atoms with Crippen LogP contribution in [0.5, 0.6) is 0 Å². The van der Waals surface area contributed by atoms with Crippen molar-refractivity contribution in [1.29, 1.82) is 0 Å². The van der Waals surface area contributed by atoms with Gasteiger partial charge in [-0.1, -0.05) is 11.6 Å². The van der Waals surface area contributed by atoms with E-state index in [-0.39, 0.29) is 5.15 Å². The van der Waals surface area contributed by atoms with E-state index in [1.54, 1.807) is 6.07 Å². The lowest BCUT2D eigenvalue weighted by Crippen LogP contribution is -2.38. The maximum Gasteiger partial charge on any atom is 0.313 e. The highest BCUT2D eigenvalue weighted by atomic mass is 35.5. The van der Waals surface area contributed by atoms with Gasteiger partial charge in [-0.2, -0.15) is 0 Å². The van der Waals surface area contributed by atoms with Crippen LogP contribution in [-0.4, -0.2) is 48.9 Å². The standard InChI is InChI=1S/C11H15ClN4O2/c1-16(2)6-5-14-10(17)11(18)15-8-3-4-13-9(12)7-8/h3-4,7H,5-6H2,1-2H3,(H,14,17)(H,13,15,18). The van der Waals surface area contributed by atoms with Gasteiger partial charge >= 0.3 is 11.8 Å². The van der Waals surface area contributed by atoms with Gasteiger partial charge in [0.2, 0.25) is 0 Å². The molecule has 2 amide bonds. The molecule has 0 aromatic carbocycles. The summed E-state index contributed by atoms with van der Waals surface area (Å²) in [5, 5.41) is 5.19. The van der Waals surface area contributed by atoms with Crippen molar-refractivity contribution in [3.8, 4) is 0 Å². The third kappa shape index (κ3) is 5.11. The summed E-state index contributed by atoms with van der Waals surface area (Å²) >= 11 is 5.66. The molecular formula is C11H15ClN4O2. The Bertz CT molecular complexity index is 437. The molecule has 0 aliphatic carbocycles. The minimum absolute atomic E-state index is 0.251. The van der Waals surface area contributed by atoms with E-state index in [0.29, 0.717) is 18.8 Å². The van der Waals surface area contributed by atoms with Gasteiger partial charge in [-0.3, -0.25) is 9.59 Å². The number of rotatable bonds is 4. The molecule has 0 fully saturated rings. The molecule has 0 spiro atoms. The topological polar surface area (TPSA) is 74.3 Å². The van der Waals surface area contributed by atoms with Crippen LogP contribution in [-0.2, 0) is 9.59 Å². The molecule has 0 atom stereocenters. The molecule has 7 heteroatoms. The van der Waals surface area contributed by atoms with Gasteiger partial charge in [-0.25, -0.2) is 4.98 Å². The Morgan fingerprint density at radius 2 is 2.11 bits per heavy atom. The van der Waals surface area contributed by atoms with E-state index in [9.17, 15) is 9.59 Å². The van der Waals surface area contributed by atoms with Crippen LogP contribution >= 0.6 is 11.6 Å². The predicted molar refractivity (Wildman–Crippen MR) is 69.4 cm³/mol. The molecule has 18 heavy (non-hydrogen) atoms. The maximum absolute atomic E-state index is 11.5. The second-order valence-electron chi connectivity index (χ2n) is 3.88. The molecule has 0 saturated heterocycles. The van der Waals surface area contributed by atoms with E-state index >= 15 is 0 Å². The number of aromatic nitrogens is 1. The lowest BCUT2D eigenvalue weighted by atomic mass is 10.4. The molecule has 1 aromatic rings. The summed E-state index contributed by atoms with van der Waals surface area (Å²) in [6.45, 7) is 1.08. The molecular weight excluding hydrogens is 256 g/mol.